The van der Waals surface area contributed by atoms with E-state index < -0.39 is 0 Å². The van der Waals surface area contributed by atoms with E-state index >= 15 is 0 Å². The Morgan fingerprint density at radius 1 is 0.929 bits per heavy atom. The number of hydrogen-bond donors (Lipinski definition) is 0. The molecule has 0 aliphatic carbocycles. The number of alkyl halides is 3. The van der Waals surface area contributed by atoms with Crippen LogP contribution in [0, 0.1) is 0 Å². The van der Waals surface area contributed by atoms with Crippen LogP contribution in [-0.2, 0) is 7.56 Å². The van der Waals surface area contributed by atoms with Crippen LogP contribution in [0.1, 0.15) is 31.9 Å². The van der Waals surface area contributed by atoms with Gasteiger partial charge in [0.15, 0.2) is 2.14 Å². The summed E-state index contributed by atoms with van der Waals surface area (Å²) in [4.78, 5) is 0. The lowest BCUT2D eigenvalue weighted by Crippen LogP contribution is -2.12. The van der Waals surface area contributed by atoms with Crippen LogP contribution in [0.25, 0.3) is 0 Å². The minimum atomic E-state index is -0.311. The van der Waals surface area contributed by atoms with E-state index in [0.29, 0.717) is 0 Å². The third-order valence-corrected chi connectivity index (χ3v) is 3.43. The van der Waals surface area contributed by atoms with Gasteiger partial charge in [-0.05, 0) is 16.5 Å². The monoisotopic (exact) mass is 382 g/mol. The second-order valence-corrected chi connectivity index (χ2v) is 11.1. The molecule has 0 unspecified atom stereocenters. The zero-order valence-corrected chi connectivity index (χ0v) is 13.2. The van der Waals surface area contributed by atoms with Crippen LogP contribution in [0.2, 0.25) is 0 Å². The zero-order chi connectivity index (χ0) is 11.0. The first-order valence-electron chi connectivity index (χ1n) is 4.39. The van der Waals surface area contributed by atoms with Gasteiger partial charge in [0.05, 0.1) is 0 Å². The van der Waals surface area contributed by atoms with Crippen LogP contribution in [0.4, 0.5) is 0 Å². The van der Waals surface area contributed by atoms with Gasteiger partial charge in [0.1, 0.15) is 0 Å². The molecule has 0 N–H and O–H groups in total. The van der Waals surface area contributed by atoms with E-state index in [1.165, 1.54) is 11.1 Å². The Kier molecular flexibility index (Phi) is 3.88. The van der Waals surface area contributed by atoms with Crippen molar-refractivity contribution in [2.75, 3.05) is 0 Å². The Balaban J connectivity index is 3.15. The van der Waals surface area contributed by atoms with Crippen molar-refractivity contribution >= 4 is 47.8 Å². The van der Waals surface area contributed by atoms with Gasteiger partial charge in [-0.3, -0.25) is 0 Å². The molecule has 0 fully saturated rings. The minimum Gasteiger partial charge on any atom is -0.0616 e. The van der Waals surface area contributed by atoms with Gasteiger partial charge in [-0.25, -0.2) is 0 Å². The lowest BCUT2D eigenvalue weighted by molar-refractivity contribution is 0.589. The highest BCUT2D eigenvalue weighted by Crippen LogP contribution is 2.45. The fourth-order valence-electron chi connectivity index (χ4n) is 1.16. The summed E-state index contributed by atoms with van der Waals surface area (Å²) in [5, 5.41) is 0. The predicted octanol–water partition coefficient (Wildman–Crippen LogP) is 5.28. The molecule has 3 heteroatoms. The van der Waals surface area contributed by atoms with Crippen molar-refractivity contribution in [3.8, 4) is 0 Å². The summed E-state index contributed by atoms with van der Waals surface area (Å²) in [6.07, 6.45) is 0. The van der Waals surface area contributed by atoms with E-state index in [0.717, 1.165) is 0 Å². The van der Waals surface area contributed by atoms with E-state index in [1.807, 2.05) is 0 Å². The lowest BCUT2D eigenvalue weighted by Gasteiger charge is -2.21. The Labute approximate surface area is 111 Å². The topological polar surface area (TPSA) is 0 Å². The van der Waals surface area contributed by atoms with Crippen molar-refractivity contribution in [2.24, 2.45) is 0 Å². The van der Waals surface area contributed by atoms with Gasteiger partial charge < -0.3 is 0 Å². The van der Waals surface area contributed by atoms with Crippen molar-refractivity contribution in [2.45, 2.75) is 28.3 Å². The number of benzene rings is 1. The van der Waals surface area contributed by atoms with Gasteiger partial charge >= 0.3 is 0 Å². The van der Waals surface area contributed by atoms with Crippen LogP contribution in [0.3, 0.4) is 0 Å². The first-order valence-corrected chi connectivity index (χ1v) is 6.77. The molecule has 0 atom stereocenters. The summed E-state index contributed by atoms with van der Waals surface area (Å²) in [5.74, 6) is 0. The summed E-state index contributed by atoms with van der Waals surface area (Å²) < 4.78 is -0.311. The van der Waals surface area contributed by atoms with Crippen LogP contribution < -0.4 is 0 Å². The first-order chi connectivity index (χ1) is 6.21. The first kappa shape index (κ1) is 12.7. The van der Waals surface area contributed by atoms with Gasteiger partial charge in [0, 0.05) is 0 Å². The molecule has 0 aliphatic rings. The van der Waals surface area contributed by atoms with E-state index in [-0.39, 0.29) is 7.56 Å². The highest BCUT2D eigenvalue weighted by molar-refractivity contribution is 9.38. The molecule has 0 amide bonds. The second-order valence-electron chi connectivity index (χ2n) is 4.33. The highest BCUT2D eigenvalue weighted by atomic mass is 80.0. The molecule has 1 aromatic rings. The van der Waals surface area contributed by atoms with Gasteiger partial charge in [-0.15, -0.1) is 0 Å². The van der Waals surface area contributed by atoms with E-state index in [2.05, 4.69) is 92.8 Å². The van der Waals surface area contributed by atoms with E-state index in [1.54, 1.807) is 0 Å². The molecule has 1 rings (SSSR count). The molecule has 0 aliphatic heterocycles. The lowest BCUT2D eigenvalue weighted by atomic mass is 9.86. The van der Waals surface area contributed by atoms with Gasteiger partial charge in [-0.2, -0.15) is 0 Å². The van der Waals surface area contributed by atoms with Crippen LogP contribution in [-0.4, -0.2) is 0 Å². The van der Waals surface area contributed by atoms with E-state index in [4.69, 9.17) is 0 Å². The molecule has 0 spiro atoms. The second kappa shape index (κ2) is 4.26. The van der Waals surface area contributed by atoms with Gasteiger partial charge in [-0.1, -0.05) is 92.8 Å². The quantitative estimate of drug-likeness (QED) is 0.534. The summed E-state index contributed by atoms with van der Waals surface area (Å²) in [5.41, 5.74) is 2.69. The molecule has 0 heterocycles. The highest BCUT2D eigenvalue weighted by Gasteiger charge is 2.22. The summed E-state index contributed by atoms with van der Waals surface area (Å²) >= 11 is 10.6. The molecule has 78 valence electrons. The Morgan fingerprint density at radius 3 is 1.86 bits per heavy atom. The third-order valence-electron chi connectivity index (χ3n) is 2.06. The maximum atomic E-state index is 3.52. The Morgan fingerprint density at radius 2 is 1.43 bits per heavy atom. The van der Waals surface area contributed by atoms with Crippen molar-refractivity contribution in [3.63, 3.8) is 0 Å². The molecule has 0 radical (unpaired) electrons. The molecule has 0 aromatic heterocycles. The van der Waals surface area contributed by atoms with E-state index in [9.17, 15) is 0 Å². The molecule has 1 aromatic carbocycles. The molecule has 0 nitrogen and oxygen atoms in total. The molecular weight excluding hydrogens is 372 g/mol. The Hall–Kier alpha value is 0.660. The standard InChI is InChI=1S/C11H13Br3/c1-10(2,3)8-5-4-6-9(7-8)11(12,13)14/h4-7H,1-3H3. The van der Waals surface area contributed by atoms with Gasteiger partial charge in [0.25, 0.3) is 0 Å². The zero-order valence-electron chi connectivity index (χ0n) is 8.44. The normalized spacial score (nSPS) is 13.0. The number of hydrogen-bond acceptors (Lipinski definition) is 0. The van der Waals surface area contributed by atoms with Crippen molar-refractivity contribution in [1.82, 2.24) is 0 Å². The average Bonchev–Trinajstić information content (AvgIpc) is 2.01. The molecule has 0 saturated carbocycles. The van der Waals surface area contributed by atoms with Crippen LogP contribution in [0.15, 0.2) is 24.3 Å². The predicted molar refractivity (Wildman–Crippen MR) is 73.6 cm³/mol. The average molecular weight is 385 g/mol. The SMILES string of the molecule is CC(C)(C)c1cccc(C(Br)(Br)Br)c1. The fraction of sp³-hybridized carbons (Fsp3) is 0.455. The van der Waals surface area contributed by atoms with Crippen molar-refractivity contribution < 1.29 is 0 Å². The largest absolute Gasteiger partial charge is 0.159 e. The molecular formula is C11H13Br3. The number of halogens is 3. The Bertz CT molecular complexity index is 289. The maximum absolute atomic E-state index is 3.52. The van der Waals surface area contributed by atoms with Crippen LogP contribution in [0.5, 0.6) is 0 Å². The molecule has 0 bridgehead atoms. The summed E-state index contributed by atoms with van der Waals surface area (Å²) in [6.45, 7) is 6.64. The summed E-state index contributed by atoms with van der Waals surface area (Å²) in [7, 11) is 0. The van der Waals surface area contributed by atoms with Gasteiger partial charge in [0.2, 0.25) is 0 Å². The smallest absolute Gasteiger partial charge is 0.0616 e. The third kappa shape index (κ3) is 3.35. The summed E-state index contributed by atoms with van der Waals surface area (Å²) in [6, 6.07) is 8.50. The van der Waals surface area contributed by atoms with Crippen molar-refractivity contribution in [3.05, 3.63) is 35.4 Å². The van der Waals surface area contributed by atoms with Crippen LogP contribution >= 0.6 is 47.8 Å². The number of rotatable bonds is 0. The molecule has 0 saturated heterocycles. The maximum Gasteiger partial charge on any atom is 0.159 e. The minimum absolute atomic E-state index is 0.189. The fourth-order valence-corrected chi connectivity index (χ4v) is 1.90. The van der Waals surface area contributed by atoms with Crippen molar-refractivity contribution in [1.29, 1.82) is 0 Å². The molecule has 14 heavy (non-hydrogen) atoms.